The summed E-state index contributed by atoms with van der Waals surface area (Å²) in [6, 6.07) is 5.96. The molecule has 0 saturated heterocycles. The van der Waals surface area contributed by atoms with Gasteiger partial charge < -0.3 is 0 Å². The van der Waals surface area contributed by atoms with Gasteiger partial charge in [-0.1, -0.05) is 10.6 Å². The lowest BCUT2D eigenvalue weighted by atomic mass is 10.2. The molecule has 0 N–H and O–H groups in total. The molecular formula is C8H10OP+. The second kappa shape index (κ2) is 2.94. The van der Waals surface area contributed by atoms with Gasteiger partial charge in [-0.2, -0.15) is 0 Å². The Balaban J connectivity index is 3.18. The molecule has 0 aliphatic carbocycles. The molecule has 0 aliphatic rings. The van der Waals surface area contributed by atoms with E-state index >= 15 is 0 Å². The molecule has 0 saturated carbocycles. The highest BCUT2D eigenvalue weighted by Gasteiger charge is 1.99. The van der Waals surface area contributed by atoms with Crippen LogP contribution in [0.4, 0.5) is 0 Å². The first-order valence-electron chi connectivity index (χ1n) is 3.19. The predicted molar refractivity (Wildman–Crippen MR) is 44.6 cm³/mol. The lowest BCUT2D eigenvalue weighted by molar-refractivity contribution is 0.603. The quantitative estimate of drug-likeness (QED) is 0.563. The molecule has 0 bridgehead atoms. The molecule has 1 aromatic rings. The van der Waals surface area contributed by atoms with Gasteiger partial charge in [-0.25, -0.2) is 0 Å². The molecule has 1 nitrogen and oxygen atoms in total. The van der Waals surface area contributed by atoms with E-state index in [9.17, 15) is 4.57 Å². The van der Waals surface area contributed by atoms with Crippen LogP contribution in [0, 0.1) is 13.8 Å². The Labute approximate surface area is 62.3 Å². The molecule has 0 aromatic heterocycles. The maximum Gasteiger partial charge on any atom is 0.363 e. The minimum Gasteiger partial charge on any atom is -0.0707 e. The minimum absolute atomic E-state index is 0.327. The summed E-state index contributed by atoms with van der Waals surface area (Å²) < 4.78 is 10.5. The first-order valence-corrected chi connectivity index (χ1v) is 4.09. The van der Waals surface area contributed by atoms with E-state index in [1.807, 2.05) is 26.0 Å². The molecule has 0 amide bonds. The van der Waals surface area contributed by atoms with E-state index in [-0.39, 0.29) is 8.46 Å². The van der Waals surface area contributed by atoms with Gasteiger partial charge in [-0.3, -0.25) is 0 Å². The lowest BCUT2D eigenvalue weighted by Crippen LogP contribution is -1.92. The van der Waals surface area contributed by atoms with E-state index < -0.39 is 0 Å². The summed E-state index contributed by atoms with van der Waals surface area (Å²) in [7, 11) is -0.327. The molecule has 0 radical (unpaired) electrons. The van der Waals surface area contributed by atoms with Gasteiger partial charge >= 0.3 is 8.46 Å². The van der Waals surface area contributed by atoms with Crippen molar-refractivity contribution >= 4 is 13.8 Å². The van der Waals surface area contributed by atoms with Crippen LogP contribution in [0.3, 0.4) is 0 Å². The Morgan fingerprint density at radius 2 is 1.60 bits per heavy atom. The fourth-order valence-electron chi connectivity index (χ4n) is 1.03. The van der Waals surface area contributed by atoms with Crippen LogP contribution in [0.25, 0.3) is 0 Å². The average molecular weight is 153 g/mol. The van der Waals surface area contributed by atoms with Crippen molar-refractivity contribution in [3.8, 4) is 0 Å². The van der Waals surface area contributed by atoms with Crippen molar-refractivity contribution in [1.82, 2.24) is 0 Å². The van der Waals surface area contributed by atoms with Crippen molar-refractivity contribution < 1.29 is 4.57 Å². The molecule has 0 aliphatic heterocycles. The maximum absolute atomic E-state index is 10.5. The Kier molecular flexibility index (Phi) is 2.18. The Bertz CT molecular complexity index is 235. The first-order chi connectivity index (χ1) is 4.72. The van der Waals surface area contributed by atoms with E-state index in [2.05, 4.69) is 6.07 Å². The first kappa shape index (κ1) is 7.43. The van der Waals surface area contributed by atoms with Crippen LogP contribution in [0.2, 0.25) is 0 Å². The lowest BCUT2D eigenvalue weighted by Gasteiger charge is -1.91. The summed E-state index contributed by atoms with van der Waals surface area (Å²) in [6.45, 7) is 4.02. The zero-order chi connectivity index (χ0) is 7.56. The normalized spacial score (nSPS) is 10.2. The standard InChI is InChI=1S/C8H9OP/c1-6-3-7(2)5-8(4-6)10-9/h3-5H,1-2H3/p+1. The fourth-order valence-corrected chi connectivity index (χ4v) is 1.61. The summed E-state index contributed by atoms with van der Waals surface area (Å²) in [5.74, 6) is 0. The van der Waals surface area contributed by atoms with Gasteiger partial charge in [0, 0.05) is 0 Å². The van der Waals surface area contributed by atoms with Gasteiger partial charge in [0.1, 0.15) is 0 Å². The summed E-state index contributed by atoms with van der Waals surface area (Å²) >= 11 is 0. The second-order valence-corrected chi connectivity index (χ2v) is 3.26. The van der Waals surface area contributed by atoms with Gasteiger partial charge in [-0.05, 0) is 37.1 Å². The SMILES string of the molecule is Cc1cc(C)cc([PH+]=O)c1. The highest BCUT2D eigenvalue weighted by Crippen LogP contribution is 2.04. The van der Waals surface area contributed by atoms with Crippen LogP contribution in [0.1, 0.15) is 11.1 Å². The highest BCUT2D eigenvalue weighted by atomic mass is 31.1. The number of hydrogen-bond donors (Lipinski definition) is 0. The van der Waals surface area contributed by atoms with Crippen LogP contribution < -0.4 is 5.30 Å². The van der Waals surface area contributed by atoms with Gasteiger partial charge in [0.15, 0.2) is 5.30 Å². The van der Waals surface area contributed by atoms with E-state index in [1.54, 1.807) is 0 Å². The zero-order valence-electron chi connectivity index (χ0n) is 6.14. The van der Waals surface area contributed by atoms with Crippen LogP contribution in [0.15, 0.2) is 18.2 Å². The summed E-state index contributed by atoms with van der Waals surface area (Å²) in [5.41, 5.74) is 2.36. The number of aryl methyl sites for hydroxylation is 2. The molecule has 10 heavy (non-hydrogen) atoms. The summed E-state index contributed by atoms with van der Waals surface area (Å²) in [6.07, 6.45) is 0. The molecule has 1 rings (SSSR count). The molecule has 2 heteroatoms. The molecule has 52 valence electrons. The Morgan fingerprint density at radius 1 is 1.10 bits per heavy atom. The summed E-state index contributed by atoms with van der Waals surface area (Å²) in [4.78, 5) is 0. The van der Waals surface area contributed by atoms with Crippen LogP contribution >= 0.6 is 8.46 Å². The molecule has 0 spiro atoms. The summed E-state index contributed by atoms with van der Waals surface area (Å²) in [5, 5.41) is 0.914. The fraction of sp³-hybridized carbons (Fsp3) is 0.250. The maximum atomic E-state index is 10.5. The molecule has 1 unspecified atom stereocenters. The number of hydrogen-bond acceptors (Lipinski definition) is 1. The molecule has 1 aromatic carbocycles. The number of rotatable bonds is 1. The van der Waals surface area contributed by atoms with E-state index in [0.717, 1.165) is 5.30 Å². The molecular weight excluding hydrogens is 143 g/mol. The Morgan fingerprint density at radius 3 is 2.00 bits per heavy atom. The Hall–Kier alpha value is -0.680. The minimum atomic E-state index is -0.327. The van der Waals surface area contributed by atoms with Gasteiger partial charge in [-0.15, -0.1) is 0 Å². The zero-order valence-corrected chi connectivity index (χ0v) is 7.14. The van der Waals surface area contributed by atoms with Crippen LogP contribution in [-0.2, 0) is 4.57 Å². The third kappa shape index (κ3) is 1.65. The molecule has 1 atom stereocenters. The van der Waals surface area contributed by atoms with Crippen molar-refractivity contribution in [2.24, 2.45) is 0 Å². The predicted octanol–water partition coefficient (Wildman–Crippen LogP) is 1.95. The average Bonchev–Trinajstić information content (AvgIpc) is 1.85. The van der Waals surface area contributed by atoms with Gasteiger partial charge in [0.05, 0.1) is 0 Å². The van der Waals surface area contributed by atoms with Crippen LogP contribution in [-0.4, -0.2) is 0 Å². The topological polar surface area (TPSA) is 17.1 Å². The van der Waals surface area contributed by atoms with Crippen molar-refractivity contribution in [1.29, 1.82) is 0 Å². The van der Waals surface area contributed by atoms with Crippen molar-refractivity contribution in [2.75, 3.05) is 0 Å². The van der Waals surface area contributed by atoms with Crippen molar-refractivity contribution in [2.45, 2.75) is 13.8 Å². The van der Waals surface area contributed by atoms with Gasteiger partial charge in [0.25, 0.3) is 0 Å². The number of benzene rings is 1. The second-order valence-electron chi connectivity index (χ2n) is 2.48. The van der Waals surface area contributed by atoms with Crippen molar-refractivity contribution in [3.63, 3.8) is 0 Å². The smallest absolute Gasteiger partial charge is 0.0707 e. The third-order valence-corrected chi connectivity index (χ3v) is 1.86. The highest BCUT2D eigenvalue weighted by molar-refractivity contribution is 7.34. The van der Waals surface area contributed by atoms with Crippen LogP contribution in [0.5, 0.6) is 0 Å². The van der Waals surface area contributed by atoms with E-state index in [4.69, 9.17) is 0 Å². The van der Waals surface area contributed by atoms with Gasteiger partial charge in [0.2, 0.25) is 0 Å². The van der Waals surface area contributed by atoms with E-state index in [0.29, 0.717) is 0 Å². The van der Waals surface area contributed by atoms with Crippen molar-refractivity contribution in [3.05, 3.63) is 29.3 Å². The third-order valence-electron chi connectivity index (χ3n) is 1.34. The molecule has 0 heterocycles. The molecule has 0 fully saturated rings. The largest absolute Gasteiger partial charge is 0.363 e. The monoisotopic (exact) mass is 153 g/mol. The van der Waals surface area contributed by atoms with E-state index in [1.165, 1.54) is 11.1 Å².